The predicted molar refractivity (Wildman–Crippen MR) is 581 cm³/mol. The maximum atomic E-state index is 13.7. The highest BCUT2D eigenvalue weighted by molar-refractivity contribution is 5.71. The molecular weight excluding hydrogens is 1890 g/mol. The molecule has 0 heterocycles. The number of aryl methyl sites for hydroxylation is 2. The van der Waals surface area contributed by atoms with Gasteiger partial charge in [-0.2, -0.15) is 0 Å². The number of unbranched alkanes of at least 4 members (excludes halogenated alkanes) is 2. The molecule has 0 amide bonds. The first-order valence-electron chi connectivity index (χ1n) is 52.0. The number of hydrogen-bond acceptors (Lipinski definition) is 11. The van der Waals surface area contributed by atoms with Crippen molar-refractivity contribution in [2.75, 3.05) is 47.8 Å². The third kappa shape index (κ3) is 52.1. The van der Waals surface area contributed by atoms with Crippen LogP contribution in [-0.2, 0) is 54.3 Å². The third-order valence-electron chi connectivity index (χ3n) is 24.7. The molecule has 820 valence electrons. The minimum Gasteiger partial charge on any atom is -0.490 e. The minimum atomic E-state index is -2.62. The molecule has 9 aromatic carbocycles. The topological polar surface area (TPSA) is 125 Å². The highest BCUT2D eigenvalue weighted by Crippen LogP contribution is 2.49. The lowest BCUT2D eigenvalue weighted by Crippen LogP contribution is -2.13. The lowest BCUT2D eigenvalue weighted by molar-refractivity contribution is -0.143. The molecule has 3 aliphatic carbocycles. The van der Waals surface area contributed by atoms with Crippen molar-refractivity contribution in [3.8, 4) is 28.7 Å². The average molecular weight is 2060 g/mol. The van der Waals surface area contributed by atoms with E-state index in [0.717, 1.165) is 114 Å². The monoisotopic (exact) mass is 2060 g/mol. The van der Waals surface area contributed by atoms with E-state index in [1.807, 2.05) is 114 Å². The Labute approximate surface area is 876 Å². The smallest absolute Gasteiger partial charge is 0.343 e. The maximum absolute atomic E-state index is 13.7. The summed E-state index contributed by atoms with van der Waals surface area (Å²) in [7, 11) is 4.00. The largest absolute Gasteiger partial charge is 0.490 e. The molecule has 0 aromatic heterocycles. The van der Waals surface area contributed by atoms with Gasteiger partial charge in [0.25, 0.3) is 5.92 Å². The second kappa shape index (κ2) is 67.6. The predicted octanol–water partition coefficient (Wildman–Crippen LogP) is 36.5. The van der Waals surface area contributed by atoms with E-state index in [4.69, 9.17) is 23.7 Å². The van der Waals surface area contributed by atoms with Crippen molar-refractivity contribution in [3.05, 3.63) is 288 Å². The van der Waals surface area contributed by atoms with Gasteiger partial charge in [-0.15, -0.1) is 0 Å². The van der Waals surface area contributed by atoms with Crippen LogP contribution in [0.15, 0.2) is 164 Å². The zero-order chi connectivity index (χ0) is 109. The van der Waals surface area contributed by atoms with Crippen molar-refractivity contribution in [3.63, 3.8) is 0 Å². The number of esters is 3. The summed E-state index contributed by atoms with van der Waals surface area (Å²) in [6, 6.07) is 46.2. The number of halogens is 11. The van der Waals surface area contributed by atoms with Crippen LogP contribution in [-0.4, -0.2) is 77.7 Å². The summed E-state index contributed by atoms with van der Waals surface area (Å²) >= 11 is 0. The van der Waals surface area contributed by atoms with Crippen molar-refractivity contribution in [2.24, 2.45) is 29.1 Å². The summed E-state index contributed by atoms with van der Waals surface area (Å²) in [4.78, 5) is 32.7. The Morgan fingerprint density at radius 2 is 0.633 bits per heavy atom. The van der Waals surface area contributed by atoms with Crippen LogP contribution < -0.4 is 23.7 Å². The fourth-order valence-corrected chi connectivity index (χ4v) is 14.8. The first-order valence-corrected chi connectivity index (χ1v) is 52.0. The Kier molecular flexibility index (Phi) is 61.1. The van der Waals surface area contributed by atoms with Gasteiger partial charge in [0.1, 0.15) is 23.3 Å². The van der Waals surface area contributed by atoms with E-state index in [-0.39, 0.29) is 134 Å². The molecule has 3 fully saturated rings. The summed E-state index contributed by atoms with van der Waals surface area (Å²) in [6.07, 6.45) is 15.2. The van der Waals surface area contributed by atoms with Crippen molar-refractivity contribution in [1.29, 1.82) is 0 Å². The van der Waals surface area contributed by atoms with Crippen molar-refractivity contribution < 1.29 is 101 Å². The van der Waals surface area contributed by atoms with Gasteiger partial charge in [0, 0.05) is 19.3 Å². The Morgan fingerprint density at radius 3 is 0.973 bits per heavy atom. The molecule has 12 rings (SSSR count). The zero-order valence-corrected chi connectivity index (χ0v) is 91.9. The fraction of sp³-hybridized carbons (Fsp3) is 0.544. The van der Waals surface area contributed by atoms with Gasteiger partial charge in [-0.05, 0) is 324 Å². The SMILES string of the molecule is C.C.CC(C)CCc1cc(C(C)C)ccc1F.CC(C)Cc1cc(C(C)C)ccc1F.CC(C)c1ccc(F)c(CC(C)(C)C)c1.CC(C)c1ccc(F)c(OC2CCCC2)c1.CC(C)c1ccc(F)c(OCC2CC2(F)F)c1.CC(C)c1ccc(F)c(OCC2CC2)c1.COC(=O)CCCCCc1cc(C(C)C)ccc1F.COC(=O)CCCOc1cc(C(C)C)ccc1F.COC(=O)COc1cc(C(C)C)ccc1F. The number of methoxy groups -OCH3 is 3. The first kappa shape index (κ1) is 133. The second-order valence-electron chi connectivity index (χ2n) is 42.8. The van der Waals surface area contributed by atoms with E-state index in [9.17, 15) is 62.7 Å². The van der Waals surface area contributed by atoms with Gasteiger partial charge in [-0.3, -0.25) is 9.59 Å². The molecule has 1 unspecified atom stereocenters. The van der Waals surface area contributed by atoms with Gasteiger partial charge in [0.05, 0.1) is 53.2 Å². The van der Waals surface area contributed by atoms with Gasteiger partial charge < -0.3 is 37.9 Å². The minimum absolute atomic E-state index is 0. The van der Waals surface area contributed by atoms with Crippen LogP contribution in [0.25, 0.3) is 0 Å². The Balaban J connectivity index is 0.000000558. The van der Waals surface area contributed by atoms with Gasteiger partial charge in [0.15, 0.2) is 64.4 Å². The van der Waals surface area contributed by atoms with Crippen LogP contribution >= 0.6 is 0 Å². The number of carbonyl (C=O) groups excluding carboxylic acids is 3. The molecule has 1 atom stereocenters. The molecule has 3 saturated carbocycles. The first-order chi connectivity index (χ1) is 68.2. The van der Waals surface area contributed by atoms with Crippen LogP contribution in [0.4, 0.5) is 48.3 Å². The molecule has 0 bridgehead atoms. The molecule has 0 saturated heterocycles. The molecule has 147 heavy (non-hydrogen) atoms. The van der Waals surface area contributed by atoms with Gasteiger partial charge >= 0.3 is 17.9 Å². The maximum Gasteiger partial charge on any atom is 0.343 e. The zero-order valence-electron chi connectivity index (χ0n) is 91.9. The van der Waals surface area contributed by atoms with Gasteiger partial charge in [-0.1, -0.05) is 273 Å². The van der Waals surface area contributed by atoms with Crippen LogP contribution in [0.1, 0.15) is 403 Å². The van der Waals surface area contributed by atoms with Gasteiger partial charge in [0.2, 0.25) is 0 Å². The quantitative estimate of drug-likeness (QED) is 0.0160. The summed E-state index contributed by atoms with van der Waals surface area (Å²) in [5.41, 5.74) is 13.5. The highest BCUT2D eigenvalue weighted by Gasteiger charge is 2.57. The van der Waals surface area contributed by atoms with Crippen LogP contribution in [0.5, 0.6) is 28.7 Å². The number of rotatable bonds is 37. The Bertz CT molecular complexity index is 5250. The average Bonchev–Trinajstić information content (AvgIpc) is 1.64. The number of carbonyl (C=O) groups is 3. The lowest BCUT2D eigenvalue weighted by atomic mass is 9.86. The van der Waals surface area contributed by atoms with Crippen LogP contribution in [0, 0.1) is 81.4 Å². The normalized spacial score (nSPS) is 13.3. The molecule has 11 nitrogen and oxygen atoms in total. The molecule has 0 aliphatic heterocycles. The number of benzene rings is 9. The van der Waals surface area contributed by atoms with Crippen molar-refractivity contribution in [2.45, 2.75) is 369 Å². The standard InChI is InChI=1S/C16H23FO2.C14H19FO3.C14H19FO.2C14H21F.C13H15F3O.C13H17FO.C13H19F.C12H15FO3.2CH4/c1-12(2)13-9-10-15(17)14(11-13)7-5-4-6-8-16(18)19-3;1-10(2)11-6-7-12(15)13(9-11)18-8-4-5-14(16)17-3;1-10(2)11-7-8-13(15)14(9-11)16-12-5-3-4-6-12;1-10(2)11-6-7-13(15)12(8-11)9-14(3,4)5;1-10(2)5-6-13-9-12(11(3)4)7-8-14(13)15;1-8(2)9-3-4-11(14)12(5-9)17-7-10-6-13(10,15)16;1-9(2)11-5-6-12(14)13(7-11)15-8-10-3-4-10;1-9(2)7-12-8-11(10(3)4)5-6-13(12)14;1-8(2)9-4-5-10(13)11(6-9)16-7-12(14)15-3;;/h9-12H,4-8H2,1-3H3;6-7,9-10H,4-5,8H2,1-3H3;7-10,12H,3-6H2,1-2H3;6-8,10H,9H2,1-5H3;7-11H,5-6H2,1-4H3;3-5,8,10H,6-7H2,1-2H3;5-7,9-10H,3-4,8H2,1-2H3;5-6,8-10H,7H2,1-4H3;4-6,8H,7H2,1-3H3;2*1H4. The number of ether oxygens (including phenoxy) is 8. The Hall–Kier alpha value is -10.4. The molecular formula is C125H177F11O11. The van der Waals surface area contributed by atoms with E-state index in [1.165, 1.54) is 99.6 Å². The van der Waals surface area contributed by atoms with Crippen molar-refractivity contribution in [1.82, 2.24) is 0 Å². The molecule has 0 N–H and O–H groups in total. The number of hydrogen-bond donors (Lipinski definition) is 0. The third-order valence-corrected chi connectivity index (χ3v) is 24.7. The molecule has 3 aliphatic rings. The second-order valence-corrected chi connectivity index (χ2v) is 42.8. The number of alkyl halides is 2. The van der Waals surface area contributed by atoms with E-state index in [1.54, 1.807) is 60.7 Å². The van der Waals surface area contributed by atoms with Crippen LogP contribution in [0.3, 0.4) is 0 Å². The van der Waals surface area contributed by atoms with E-state index >= 15 is 0 Å². The summed E-state index contributed by atoms with van der Waals surface area (Å²) in [5, 5.41) is 0. The highest BCUT2D eigenvalue weighted by atomic mass is 19.3. The van der Waals surface area contributed by atoms with E-state index < -0.39 is 29.4 Å². The van der Waals surface area contributed by atoms with Crippen LogP contribution in [0.2, 0.25) is 0 Å². The molecule has 0 radical (unpaired) electrons. The molecule has 9 aromatic rings. The summed E-state index contributed by atoms with van der Waals surface area (Å²) in [6.45, 7) is 53.0. The summed E-state index contributed by atoms with van der Waals surface area (Å²) in [5.74, 6) is -0.0135. The van der Waals surface area contributed by atoms with E-state index in [0.29, 0.717) is 96.7 Å². The summed E-state index contributed by atoms with van der Waals surface area (Å²) < 4.78 is 187. The fourth-order valence-electron chi connectivity index (χ4n) is 14.8. The molecule has 0 spiro atoms. The molecule has 22 heteroatoms. The Morgan fingerprint density at radius 1 is 0.333 bits per heavy atom. The van der Waals surface area contributed by atoms with E-state index in [2.05, 4.69) is 146 Å². The lowest BCUT2D eigenvalue weighted by Gasteiger charge is -2.19. The van der Waals surface area contributed by atoms with Crippen molar-refractivity contribution >= 4 is 17.9 Å². The van der Waals surface area contributed by atoms with Gasteiger partial charge in [-0.25, -0.2) is 53.1 Å².